The number of hydrogen-bond acceptors (Lipinski definition) is 3. The molecular formula is C24H26N4O2. The summed E-state index contributed by atoms with van der Waals surface area (Å²) >= 11 is 0. The zero-order valence-corrected chi connectivity index (χ0v) is 17.8. The molecule has 1 N–H and O–H groups in total. The fourth-order valence-electron chi connectivity index (χ4n) is 3.76. The van der Waals surface area contributed by atoms with E-state index in [-0.39, 0.29) is 17.2 Å². The summed E-state index contributed by atoms with van der Waals surface area (Å²) in [4.78, 5) is 26.6. The predicted molar refractivity (Wildman–Crippen MR) is 120 cm³/mol. The van der Waals surface area contributed by atoms with Gasteiger partial charge in [-0.2, -0.15) is 9.78 Å². The fraction of sp³-hybridized carbons (Fsp3) is 0.292. The second kappa shape index (κ2) is 7.78. The van der Waals surface area contributed by atoms with Crippen molar-refractivity contribution in [1.82, 2.24) is 19.7 Å². The van der Waals surface area contributed by atoms with Gasteiger partial charge in [0.2, 0.25) is 0 Å². The van der Waals surface area contributed by atoms with Crippen LogP contribution in [0.3, 0.4) is 0 Å². The molecule has 0 atom stereocenters. The zero-order chi connectivity index (χ0) is 21.4. The first-order chi connectivity index (χ1) is 14.4. The monoisotopic (exact) mass is 402 g/mol. The Hall–Kier alpha value is -3.41. The normalized spacial score (nSPS) is 11.5. The first kappa shape index (κ1) is 19.9. The lowest BCUT2D eigenvalue weighted by atomic mass is 10.1. The molecular weight excluding hydrogens is 376 g/mol. The molecule has 2 heterocycles. The average molecular weight is 402 g/mol. The quantitative estimate of drug-likeness (QED) is 0.549. The lowest BCUT2D eigenvalue weighted by Crippen LogP contribution is -2.31. The van der Waals surface area contributed by atoms with E-state index in [1.54, 1.807) is 0 Å². The van der Waals surface area contributed by atoms with Gasteiger partial charge in [-0.25, -0.2) is 0 Å². The van der Waals surface area contributed by atoms with Crippen molar-refractivity contribution >= 4 is 27.7 Å². The molecule has 0 aliphatic heterocycles. The maximum absolute atomic E-state index is 13.4. The maximum Gasteiger partial charge on any atom is 0.296 e. The van der Waals surface area contributed by atoms with E-state index in [0.29, 0.717) is 29.1 Å². The number of carbonyl (C=O) groups is 1. The predicted octanol–water partition coefficient (Wildman–Crippen LogP) is 3.96. The van der Waals surface area contributed by atoms with Gasteiger partial charge in [-0.15, -0.1) is 0 Å². The molecule has 2 aromatic carbocycles. The third kappa shape index (κ3) is 3.38. The topological polar surface area (TPSA) is 68.9 Å². The number of aryl methyl sites for hydroxylation is 2. The SMILES string of the molecule is Cc1ccc(-n2nc(C(=O)NCCC(C)C)c3c4ccccc4n(C)c3c2=O)cc1. The molecule has 0 aliphatic rings. The van der Waals surface area contributed by atoms with Crippen LogP contribution in [0, 0.1) is 12.8 Å². The Labute approximate surface area is 175 Å². The Balaban J connectivity index is 1.99. The maximum atomic E-state index is 13.4. The largest absolute Gasteiger partial charge is 0.351 e. The van der Waals surface area contributed by atoms with Crippen molar-refractivity contribution < 1.29 is 4.79 Å². The van der Waals surface area contributed by atoms with E-state index in [2.05, 4.69) is 24.3 Å². The molecule has 6 heteroatoms. The second-order valence-corrected chi connectivity index (χ2v) is 8.14. The van der Waals surface area contributed by atoms with E-state index in [0.717, 1.165) is 22.9 Å². The van der Waals surface area contributed by atoms with Gasteiger partial charge in [0, 0.05) is 29.9 Å². The number of nitrogens with zero attached hydrogens (tertiary/aromatic N) is 3. The summed E-state index contributed by atoms with van der Waals surface area (Å²) < 4.78 is 3.18. The number of fused-ring (bicyclic) bond motifs is 3. The minimum atomic E-state index is -0.266. The summed E-state index contributed by atoms with van der Waals surface area (Å²) in [6.45, 7) is 6.78. The van der Waals surface area contributed by atoms with Gasteiger partial charge in [0.05, 0.1) is 5.69 Å². The summed E-state index contributed by atoms with van der Waals surface area (Å²) in [5, 5.41) is 8.97. The standard InChI is InChI=1S/C24H26N4O2/c1-15(2)13-14-25-23(29)21-20-18-7-5-6-8-19(18)27(4)22(20)24(30)28(26-21)17-11-9-16(3)10-12-17/h5-12,15H,13-14H2,1-4H3,(H,25,29). The smallest absolute Gasteiger partial charge is 0.296 e. The first-order valence-electron chi connectivity index (χ1n) is 10.2. The van der Waals surface area contributed by atoms with Gasteiger partial charge >= 0.3 is 0 Å². The zero-order valence-electron chi connectivity index (χ0n) is 17.8. The minimum absolute atomic E-state index is 0.244. The highest BCUT2D eigenvalue weighted by atomic mass is 16.2. The molecule has 6 nitrogen and oxygen atoms in total. The van der Waals surface area contributed by atoms with Gasteiger partial charge in [0.15, 0.2) is 5.69 Å². The fourth-order valence-corrected chi connectivity index (χ4v) is 3.76. The van der Waals surface area contributed by atoms with Crippen molar-refractivity contribution in [3.8, 4) is 5.69 Å². The molecule has 0 bridgehead atoms. The summed E-state index contributed by atoms with van der Waals surface area (Å²) in [5.41, 5.74) is 3.11. The molecule has 1 amide bonds. The number of aromatic nitrogens is 3. The highest BCUT2D eigenvalue weighted by Crippen LogP contribution is 2.28. The summed E-state index contributed by atoms with van der Waals surface area (Å²) in [6.07, 6.45) is 0.877. The number of rotatable bonds is 5. The van der Waals surface area contributed by atoms with Gasteiger partial charge in [0.1, 0.15) is 5.52 Å². The van der Waals surface area contributed by atoms with Crippen LogP contribution in [0.15, 0.2) is 53.3 Å². The molecule has 0 spiro atoms. The Bertz CT molecular complexity index is 1300. The highest BCUT2D eigenvalue weighted by Gasteiger charge is 2.23. The lowest BCUT2D eigenvalue weighted by molar-refractivity contribution is 0.0947. The molecule has 0 saturated carbocycles. The van der Waals surface area contributed by atoms with Crippen molar-refractivity contribution in [2.24, 2.45) is 13.0 Å². The van der Waals surface area contributed by atoms with Crippen molar-refractivity contribution in [1.29, 1.82) is 0 Å². The van der Waals surface area contributed by atoms with Crippen molar-refractivity contribution in [2.45, 2.75) is 27.2 Å². The van der Waals surface area contributed by atoms with Crippen LogP contribution in [0.4, 0.5) is 0 Å². The molecule has 0 radical (unpaired) electrons. The third-order valence-corrected chi connectivity index (χ3v) is 5.44. The van der Waals surface area contributed by atoms with E-state index in [9.17, 15) is 9.59 Å². The second-order valence-electron chi connectivity index (χ2n) is 8.14. The van der Waals surface area contributed by atoms with Gasteiger partial charge in [-0.3, -0.25) is 9.59 Å². The van der Waals surface area contributed by atoms with E-state index in [4.69, 9.17) is 0 Å². The molecule has 0 fully saturated rings. The number of amides is 1. The molecule has 4 rings (SSSR count). The van der Waals surface area contributed by atoms with Crippen LogP contribution in [-0.4, -0.2) is 26.8 Å². The van der Waals surface area contributed by atoms with Crippen molar-refractivity contribution in [2.75, 3.05) is 6.54 Å². The number of carbonyl (C=O) groups excluding carboxylic acids is 1. The first-order valence-corrected chi connectivity index (χ1v) is 10.2. The summed E-state index contributed by atoms with van der Waals surface area (Å²) in [5.74, 6) is 0.218. The molecule has 2 aromatic heterocycles. The minimum Gasteiger partial charge on any atom is -0.351 e. The third-order valence-electron chi connectivity index (χ3n) is 5.44. The molecule has 0 aliphatic carbocycles. The van der Waals surface area contributed by atoms with Crippen LogP contribution in [0.5, 0.6) is 0 Å². The van der Waals surface area contributed by atoms with Crippen LogP contribution in [0.25, 0.3) is 27.5 Å². The number of hydrogen-bond donors (Lipinski definition) is 1. The Morgan fingerprint density at radius 3 is 2.50 bits per heavy atom. The molecule has 4 aromatic rings. The number of para-hydroxylation sites is 1. The van der Waals surface area contributed by atoms with Gasteiger partial charge in [-0.05, 0) is 37.5 Å². The Morgan fingerprint density at radius 2 is 1.80 bits per heavy atom. The van der Waals surface area contributed by atoms with Crippen LogP contribution in [0.2, 0.25) is 0 Å². The van der Waals surface area contributed by atoms with E-state index in [1.165, 1.54) is 4.68 Å². The Morgan fingerprint density at radius 1 is 1.10 bits per heavy atom. The van der Waals surface area contributed by atoms with E-state index in [1.807, 2.05) is 67.1 Å². The van der Waals surface area contributed by atoms with Crippen LogP contribution < -0.4 is 10.9 Å². The average Bonchev–Trinajstić information content (AvgIpc) is 3.02. The van der Waals surface area contributed by atoms with E-state index < -0.39 is 0 Å². The van der Waals surface area contributed by atoms with Gasteiger partial charge in [-0.1, -0.05) is 49.7 Å². The summed E-state index contributed by atoms with van der Waals surface area (Å²) in [7, 11) is 1.85. The molecule has 0 unspecified atom stereocenters. The lowest BCUT2D eigenvalue weighted by Gasteiger charge is -2.11. The molecule has 0 saturated heterocycles. The molecule has 30 heavy (non-hydrogen) atoms. The van der Waals surface area contributed by atoms with Crippen molar-refractivity contribution in [3.05, 3.63) is 70.1 Å². The Kier molecular flexibility index (Phi) is 5.16. The van der Waals surface area contributed by atoms with Crippen LogP contribution >= 0.6 is 0 Å². The number of nitrogens with one attached hydrogen (secondary N) is 1. The highest BCUT2D eigenvalue weighted by molar-refractivity contribution is 6.16. The van der Waals surface area contributed by atoms with Gasteiger partial charge < -0.3 is 9.88 Å². The van der Waals surface area contributed by atoms with Gasteiger partial charge in [0.25, 0.3) is 11.5 Å². The molecule has 154 valence electrons. The van der Waals surface area contributed by atoms with Crippen LogP contribution in [0.1, 0.15) is 36.3 Å². The number of benzene rings is 2. The van der Waals surface area contributed by atoms with E-state index >= 15 is 0 Å². The van der Waals surface area contributed by atoms with Crippen LogP contribution in [-0.2, 0) is 7.05 Å². The summed E-state index contributed by atoms with van der Waals surface area (Å²) in [6, 6.07) is 15.3. The van der Waals surface area contributed by atoms with Crippen molar-refractivity contribution in [3.63, 3.8) is 0 Å².